The Bertz CT molecular complexity index is 697. The first-order valence-corrected chi connectivity index (χ1v) is 8.35. The van der Waals surface area contributed by atoms with Crippen molar-refractivity contribution in [1.29, 1.82) is 0 Å². The first kappa shape index (κ1) is 18.6. The van der Waals surface area contributed by atoms with E-state index in [1.807, 2.05) is 56.3 Å². The van der Waals surface area contributed by atoms with E-state index in [2.05, 4.69) is 10.6 Å². The number of ether oxygens (including phenoxy) is 2. The van der Waals surface area contributed by atoms with Gasteiger partial charge in [0.25, 0.3) is 0 Å². The average molecular weight is 342 g/mol. The van der Waals surface area contributed by atoms with Gasteiger partial charge in [0.2, 0.25) is 5.91 Å². The van der Waals surface area contributed by atoms with Crippen LogP contribution in [0.3, 0.4) is 0 Å². The maximum Gasteiger partial charge on any atom is 0.224 e. The number of hydrogen-bond acceptors (Lipinski definition) is 4. The number of carbonyl (C=O) groups is 1. The molecular formula is C20H26N2O3. The zero-order valence-electron chi connectivity index (χ0n) is 15.3. The monoisotopic (exact) mass is 342 g/mol. The molecule has 1 amide bonds. The Morgan fingerprint density at radius 3 is 2.36 bits per heavy atom. The van der Waals surface area contributed by atoms with Gasteiger partial charge >= 0.3 is 0 Å². The standard InChI is InChI=1S/C20H26N2O3/c1-14(2)22-20(23)11-15-5-7-17(8-6-15)21-13-16-12-18(24-3)9-10-19(16)25-4/h5-10,12,14,21H,11,13H2,1-4H3,(H,22,23). The fourth-order valence-corrected chi connectivity index (χ4v) is 2.52. The summed E-state index contributed by atoms with van der Waals surface area (Å²) < 4.78 is 10.7. The van der Waals surface area contributed by atoms with Crippen LogP contribution in [-0.2, 0) is 17.8 Å². The summed E-state index contributed by atoms with van der Waals surface area (Å²) >= 11 is 0. The number of nitrogens with one attached hydrogen (secondary N) is 2. The van der Waals surface area contributed by atoms with Crippen LogP contribution in [0.15, 0.2) is 42.5 Å². The van der Waals surface area contributed by atoms with Gasteiger partial charge in [0.1, 0.15) is 11.5 Å². The van der Waals surface area contributed by atoms with Crippen LogP contribution in [0.25, 0.3) is 0 Å². The third kappa shape index (κ3) is 5.71. The van der Waals surface area contributed by atoms with Crippen LogP contribution in [0.1, 0.15) is 25.0 Å². The fourth-order valence-electron chi connectivity index (χ4n) is 2.52. The van der Waals surface area contributed by atoms with Crippen molar-refractivity contribution in [2.24, 2.45) is 0 Å². The number of carbonyl (C=O) groups excluding carboxylic acids is 1. The SMILES string of the molecule is COc1ccc(OC)c(CNc2ccc(CC(=O)NC(C)C)cc2)c1. The average Bonchev–Trinajstić information content (AvgIpc) is 2.60. The molecule has 5 nitrogen and oxygen atoms in total. The quantitative estimate of drug-likeness (QED) is 0.772. The van der Waals surface area contributed by atoms with Gasteiger partial charge in [-0.3, -0.25) is 4.79 Å². The van der Waals surface area contributed by atoms with Crippen molar-refractivity contribution in [3.8, 4) is 11.5 Å². The predicted molar refractivity (Wildman–Crippen MR) is 100 cm³/mol. The molecule has 134 valence electrons. The minimum Gasteiger partial charge on any atom is -0.497 e. The van der Waals surface area contributed by atoms with E-state index < -0.39 is 0 Å². The summed E-state index contributed by atoms with van der Waals surface area (Å²) in [5.41, 5.74) is 2.99. The molecule has 0 aliphatic rings. The summed E-state index contributed by atoms with van der Waals surface area (Å²) in [5.74, 6) is 1.65. The Kier molecular flexibility index (Phi) is 6.69. The topological polar surface area (TPSA) is 59.6 Å². The van der Waals surface area contributed by atoms with Crippen molar-refractivity contribution in [3.63, 3.8) is 0 Å². The van der Waals surface area contributed by atoms with E-state index in [0.717, 1.165) is 28.3 Å². The third-order valence-electron chi connectivity index (χ3n) is 3.74. The molecule has 5 heteroatoms. The van der Waals surface area contributed by atoms with Crippen LogP contribution >= 0.6 is 0 Å². The minimum atomic E-state index is 0.0387. The molecule has 2 aromatic rings. The molecule has 25 heavy (non-hydrogen) atoms. The highest BCUT2D eigenvalue weighted by atomic mass is 16.5. The van der Waals surface area contributed by atoms with Gasteiger partial charge in [-0.2, -0.15) is 0 Å². The van der Waals surface area contributed by atoms with E-state index in [-0.39, 0.29) is 11.9 Å². The second-order valence-electron chi connectivity index (χ2n) is 6.13. The lowest BCUT2D eigenvalue weighted by molar-refractivity contribution is -0.120. The summed E-state index contributed by atoms with van der Waals surface area (Å²) in [5, 5.41) is 6.26. The van der Waals surface area contributed by atoms with Crippen molar-refractivity contribution in [2.45, 2.75) is 32.9 Å². The normalized spacial score (nSPS) is 10.4. The lowest BCUT2D eigenvalue weighted by Crippen LogP contribution is -2.31. The van der Waals surface area contributed by atoms with E-state index in [9.17, 15) is 4.79 Å². The van der Waals surface area contributed by atoms with Gasteiger partial charge in [-0.15, -0.1) is 0 Å². The van der Waals surface area contributed by atoms with Crippen molar-refractivity contribution >= 4 is 11.6 Å². The molecule has 0 saturated carbocycles. The smallest absolute Gasteiger partial charge is 0.224 e. The second kappa shape index (κ2) is 8.97. The highest BCUT2D eigenvalue weighted by molar-refractivity contribution is 5.78. The first-order valence-electron chi connectivity index (χ1n) is 8.35. The summed E-state index contributed by atoms with van der Waals surface area (Å²) in [6.45, 7) is 4.53. The molecule has 0 aliphatic heterocycles. The molecular weight excluding hydrogens is 316 g/mol. The zero-order valence-corrected chi connectivity index (χ0v) is 15.3. The van der Waals surface area contributed by atoms with Crippen molar-refractivity contribution in [2.75, 3.05) is 19.5 Å². The van der Waals surface area contributed by atoms with E-state index in [1.54, 1.807) is 14.2 Å². The van der Waals surface area contributed by atoms with Gasteiger partial charge in [0, 0.05) is 23.8 Å². The van der Waals surface area contributed by atoms with E-state index in [4.69, 9.17) is 9.47 Å². The van der Waals surface area contributed by atoms with Crippen LogP contribution in [-0.4, -0.2) is 26.2 Å². The molecule has 0 aliphatic carbocycles. The zero-order chi connectivity index (χ0) is 18.2. The van der Waals surface area contributed by atoms with Gasteiger partial charge in [-0.1, -0.05) is 12.1 Å². The lowest BCUT2D eigenvalue weighted by Gasteiger charge is -2.13. The Morgan fingerprint density at radius 1 is 1.04 bits per heavy atom. The van der Waals surface area contributed by atoms with Gasteiger partial charge in [0.05, 0.1) is 20.6 Å². The molecule has 0 spiro atoms. The lowest BCUT2D eigenvalue weighted by atomic mass is 10.1. The molecule has 0 bridgehead atoms. The second-order valence-corrected chi connectivity index (χ2v) is 6.13. The summed E-state index contributed by atoms with van der Waals surface area (Å²) in [6.07, 6.45) is 0.391. The molecule has 0 heterocycles. The van der Waals surface area contributed by atoms with Gasteiger partial charge < -0.3 is 20.1 Å². The highest BCUT2D eigenvalue weighted by Gasteiger charge is 2.07. The number of amides is 1. The minimum absolute atomic E-state index is 0.0387. The predicted octanol–water partition coefficient (Wildman–Crippen LogP) is 3.38. The number of methoxy groups -OCH3 is 2. The Morgan fingerprint density at radius 2 is 1.76 bits per heavy atom. The Labute approximate surface area is 149 Å². The molecule has 2 rings (SSSR count). The van der Waals surface area contributed by atoms with Crippen molar-refractivity contribution in [3.05, 3.63) is 53.6 Å². The van der Waals surface area contributed by atoms with E-state index >= 15 is 0 Å². The molecule has 0 aromatic heterocycles. The number of hydrogen-bond donors (Lipinski definition) is 2. The number of rotatable bonds is 8. The molecule has 0 saturated heterocycles. The fraction of sp³-hybridized carbons (Fsp3) is 0.350. The van der Waals surface area contributed by atoms with Crippen LogP contribution in [0.4, 0.5) is 5.69 Å². The van der Waals surface area contributed by atoms with E-state index in [1.165, 1.54) is 0 Å². The molecule has 2 aromatic carbocycles. The number of anilines is 1. The molecule has 0 atom stereocenters. The summed E-state index contributed by atoms with van der Waals surface area (Å²) in [4.78, 5) is 11.8. The Balaban J connectivity index is 1.97. The van der Waals surface area contributed by atoms with Crippen LogP contribution in [0.5, 0.6) is 11.5 Å². The maximum absolute atomic E-state index is 11.8. The molecule has 0 radical (unpaired) electrons. The third-order valence-corrected chi connectivity index (χ3v) is 3.74. The molecule has 0 fully saturated rings. The summed E-state index contributed by atoms with van der Waals surface area (Å²) in [6, 6.07) is 13.8. The number of benzene rings is 2. The Hall–Kier alpha value is -2.69. The van der Waals surface area contributed by atoms with Crippen LogP contribution < -0.4 is 20.1 Å². The summed E-state index contributed by atoms with van der Waals surface area (Å²) in [7, 11) is 3.30. The highest BCUT2D eigenvalue weighted by Crippen LogP contribution is 2.25. The van der Waals surface area contributed by atoms with Crippen LogP contribution in [0.2, 0.25) is 0 Å². The largest absolute Gasteiger partial charge is 0.497 e. The van der Waals surface area contributed by atoms with Gasteiger partial charge in [-0.05, 0) is 49.7 Å². The maximum atomic E-state index is 11.8. The van der Waals surface area contributed by atoms with E-state index in [0.29, 0.717) is 13.0 Å². The van der Waals surface area contributed by atoms with Gasteiger partial charge in [-0.25, -0.2) is 0 Å². The molecule has 0 unspecified atom stereocenters. The first-order chi connectivity index (χ1) is 12.0. The molecule has 2 N–H and O–H groups in total. The van der Waals surface area contributed by atoms with Crippen molar-refractivity contribution < 1.29 is 14.3 Å². The van der Waals surface area contributed by atoms with Crippen molar-refractivity contribution in [1.82, 2.24) is 5.32 Å². The van der Waals surface area contributed by atoms with Gasteiger partial charge in [0.15, 0.2) is 0 Å². The van der Waals surface area contributed by atoms with Crippen LogP contribution in [0, 0.1) is 0 Å².